The van der Waals surface area contributed by atoms with Crippen LogP contribution in [0.4, 0.5) is 5.69 Å². The highest BCUT2D eigenvalue weighted by Crippen LogP contribution is 2.23. The molecule has 0 bridgehead atoms. The molecular weight excluding hydrogens is 284 g/mol. The first-order chi connectivity index (χ1) is 9.26. The Kier molecular flexibility index (Phi) is 5.47. The molecule has 1 aromatic carbocycles. The van der Waals surface area contributed by atoms with Crippen molar-refractivity contribution < 1.29 is 14.8 Å². The minimum Gasteiger partial charge on any atom is -0.396 e. The number of amides is 1. The van der Waals surface area contributed by atoms with E-state index >= 15 is 0 Å². The summed E-state index contributed by atoms with van der Waals surface area (Å²) in [5, 5.41) is 22.4. The maximum Gasteiger partial charge on any atom is 0.270 e. The summed E-state index contributed by atoms with van der Waals surface area (Å²) >= 11 is 5.88. The summed E-state index contributed by atoms with van der Waals surface area (Å²) in [4.78, 5) is 22.1. The summed E-state index contributed by atoms with van der Waals surface area (Å²) in [5.41, 5.74) is -0.382. The molecule has 0 atom stereocenters. The fourth-order valence-electron chi connectivity index (χ4n) is 1.61. The highest BCUT2D eigenvalue weighted by atomic mass is 35.5. The Labute approximate surface area is 121 Å². The van der Waals surface area contributed by atoms with Gasteiger partial charge in [-0.25, -0.2) is 0 Å². The molecule has 0 heterocycles. The van der Waals surface area contributed by atoms with E-state index in [0.29, 0.717) is 13.0 Å². The molecule has 0 aliphatic carbocycles. The Morgan fingerprint density at radius 1 is 1.50 bits per heavy atom. The van der Waals surface area contributed by atoms with Gasteiger partial charge in [0.2, 0.25) is 0 Å². The van der Waals surface area contributed by atoms with Gasteiger partial charge in [-0.1, -0.05) is 25.4 Å². The van der Waals surface area contributed by atoms with Gasteiger partial charge >= 0.3 is 0 Å². The van der Waals surface area contributed by atoms with Crippen molar-refractivity contribution in [2.75, 3.05) is 13.2 Å². The molecule has 6 nitrogen and oxygen atoms in total. The lowest BCUT2D eigenvalue weighted by molar-refractivity contribution is -0.384. The maximum atomic E-state index is 12.0. The highest BCUT2D eigenvalue weighted by molar-refractivity contribution is 6.33. The fourth-order valence-corrected chi connectivity index (χ4v) is 1.81. The molecule has 1 amide bonds. The summed E-state index contributed by atoms with van der Waals surface area (Å²) in [5.74, 6) is -0.468. The zero-order chi connectivity index (χ0) is 15.3. The zero-order valence-corrected chi connectivity index (χ0v) is 12.1. The van der Waals surface area contributed by atoms with Gasteiger partial charge in [-0.05, 0) is 17.9 Å². The van der Waals surface area contributed by atoms with E-state index in [1.165, 1.54) is 12.1 Å². The number of carbonyl (C=O) groups is 1. The van der Waals surface area contributed by atoms with Crippen molar-refractivity contribution in [2.45, 2.75) is 20.3 Å². The average Bonchev–Trinajstić information content (AvgIpc) is 2.36. The van der Waals surface area contributed by atoms with Crippen LogP contribution in [0, 0.1) is 15.5 Å². The van der Waals surface area contributed by atoms with Crippen LogP contribution in [-0.2, 0) is 0 Å². The predicted octanol–water partition coefficient (Wildman–Crippen LogP) is 2.39. The van der Waals surface area contributed by atoms with Gasteiger partial charge in [-0.15, -0.1) is 0 Å². The third kappa shape index (κ3) is 4.47. The van der Waals surface area contributed by atoms with Crippen LogP contribution < -0.4 is 5.32 Å². The second-order valence-corrected chi connectivity index (χ2v) is 5.65. The van der Waals surface area contributed by atoms with Crippen LogP contribution >= 0.6 is 11.6 Å². The summed E-state index contributed by atoms with van der Waals surface area (Å²) < 4.78 is 0. The van der Waals surface area contributed by atoms with Crippen LogP contribution in [0.15, 0.2) is 18.2 Å². The van der Waals surface area contributed by atoms with Gasteiger partial charge in [0.1, 0.15) is 0 Å². The Balaban J connectivity index is 2.82. The number of hydrogen-bond donors (Lipinski definition) is 2. The minimum atomic E-state index is -0.581. The molecule has 0 aliphatic rings. The lowest BCUT2D eigenvalue weighted by Crippen LogP contribution is -2.34. The predicted molar refractivity (Wildman–Crippen MR) is 75.9 cm³/mol. The molecule has 0 saturated heterocycles. The summed E-state index contributed by atoms with van der Waals surface area (Å²) in [7, 11) is 0. The molecule has 0 spiro atoms. The van der Waals surface area contributed by atoms with E-state index in [-0.39, 0.29) is 28.3 Å². The minimum absolute atomic E-state index is 0.0282. The van der Waals surface area contributed by atoms with Crippen molar-refractivity contribution in [1.82, 2.24) is 5.32 Å². The summed E-state index contributed by atoms with van der Waals surface area (Å²) in [6.07, 6.45) is 0.538. The number of hydrogen-bond acceptors (Lipinski definition) is 4. The molecular formula is C13H17ClN2O4. The number of nitrogens with one attached hydrogen (secondary N) is 1. The van der Waals surface area contributed by atoms with Gasteiger partial charge in [0.25, 0.3) is 11.6 Å². The van der Waals surface area contributed by atoms with E-state index in [4.69, 9.17) is 16.7 Å². The molecule has 110 valence electrons. The largest absolute Gasteiger partial charge is 0.396 e. The lowest BCUT2D eigenvalue weighted by atomic mass is 9.89. The first-order valence-electron chi connectivity index (χ1n) is 6.10. The van der Waals surface area contributed by atoms with Gasteiger partial charge in [0.05, 0.1) is 15.5 Å². The van der Waals surface area contributed by atoms with Crippen molar-refractivity contribution in [2.24, 2.45) is 5.41 Å². The number of non-ortho nitro benzene ring substituents is 1. The molecule has 0 unspecified atom stereocenters. The molecule has 2 N–H and O–H groups in total. The number of aliphatic hydroxyl groups excluding tert-OH is 1. The van der Waals surface area contributed by atoms with Crippen molar-refractivity contribution in [3.8, 4) is 0 Å². The van der Waals surface area contributed by atoms with Gasteiger partial charge in [0.15, 0.2) is 0 Å². The molecule has 0 fully saturated rings. The van der Waals surface area contributed by atoms with Crippen LogP contribution in [0.5, 0.6) is 0 Å². The maximum absolute atomic E-state index is 12.0. The normalized spacial score (nSPS) is 11.2. The Bertz CT molecular complexity index is 517. The Morgan fingerprint density at radius 2 is 2.15 bits per heavy atom. The monoisotopic (exact) mass is 300 g/mol. The van der Waals surface area contributed by atoms with Crippen molar-refractivity contribution in [1.29, 1.82) is 0 Å². The van der Waals surface area contributed by atoms with E-state index in [1.807, 2.05) is 13.8 Å². The highest BCUT2D eigenvalue weighted by Gasteiger charge is 2.20. The number of nitro benzene ring substituents is 1. The summed E-state index contributed by atoms with van der Waals surface area (Å²) in [6.45, 7) is 4.17. The first kappa shape index (κ1) is 16.4. The smallest absolute Gasteiger partial charge is 0.270 e. The van der Waals surface area contributed by atoms with E-state index in [0.717, 1.165) is 6.07 Å². The number of benzene rings is 1. The van der Waals surface area contributed by atoms with Crippen LogP contribution in [0.2, 0.25) is 5.02 Å². The van der Waals surface area contributed by atoms with E-state index in [2.05, 4.69) is 5.32 Å². The average molecular weight is 301 g/mol. The standard InChI is InChI=1S/C13H17ClN2O4/c1-13(2,5-6-17)8-15-12(18)10-7-9(16(19)20)3-4-11(10)14/h3-4,7,17H,5-6,8H2,1-2H3,(H,15,18). The van der Waals surface area contributed by atoms with Crippen molar-refractivity contribution in [3.63, 3.8) is 0 Å². The second-order valence-electron chi connectivity index (χ2n) is 5.24. The molecule has 20 heavy (non-hydrogen) atoms. The summed E-state index contributed by atoms with van der Waals surface area (Å²) in [6, 6.07) is 3.72. The number of nitrogens with zero attached hydrogens (tertiary/aromatic N) is 1. The molecule has 0 saturated carbocycles. The third-order valence-corrected chi connectivity index (χ3v) is 3.25. The van der Waals surface area contributed by atoms with E-state index < -0.39 is 10.8 Å². The lowest BCUT2D eigenvalue weighted by Gasteiger charge is -2.23. The van der Waals surface area contributed by atoms with Crippen LogP contribution in [0.25, 0.3) is 0 Å². The van der Waals surface area contributed by atoms with Crippen LogP contribution in [-0.4, -0.2) is 29.1 Å². The van der Waals surface area contributed by atoms with Crippen molar-refractivity contribution in [3.05, 3.63) is 38.9 Å². The Hall–Kier alpha value is -1.66. The van der Waals surface area contributed by atoms with Crippen LogP contribution in [0.3, 0.4) is 0 Å². The molecule has 7 heteroatoms. The third-order valence-electron chi connectivity index (χ3n) is 2.92. The number of rotatable bonds is 6. The molecule has 1 aromatic rings. The first-order valence-corrected chi connectivity index (χ1v) is 6.47. The molecule has 0 aliphatic heterocycles. The van der Waals surface area contributed by atoms with Crippen molar-refractivity contribution >= 4 is 23.2 Å². The number of carbonyl (C=O) groups excluding carboxylic acids is 1. The SMILES string of the molecule is CC(C)(CCO)CNC(=O)c1cc([N+](=O)[O-])ccc1Cl. The topological polar surface area (TPSA) is 92.5 Å². The molecule has 0 radical (unpaired) electrons. The van der Waals surface area contributed by atoms with Gasteiger partial charge < -0.3 is 10.4 Å². The van der Waals surface area contributed by atoms with Gasteiger partial charge in [-0.2, -0.15) is 0 Å². The fraction of sp³-hybridized carbons (Fsp3) is 0.462. The second kappa shape index (κ2) is 6.67. The number of aliphatic hydroxyl groups is 1. The Morgan fingerprint density at radius 3 is 2.70 bits per heavy atom. The molecule has 1 rings (SSSR count). The zero-order valence-electron chi connectivity index (χ0n) is 11.4. The van der Waals surface area contributed by atoms with E-state index in [1.54, 1.807) is 0 Å². The number of nitro groups is 1. The quantitative estimate of drug-likeness (QED) is 0.623. The van der Waals surface area contributed by atoms with Crippen LogP contribution in [0.1, 0.15) is 30.6 Å². The number of halogens is 1. The molecule has 0 aromatic heterocycles. The van der Waals surface area contributed by atoms with E-state index in [9.17, 15) is 14.9 Å². The van der Waals surface area contributed by atoms with Gasteiger partial charge in [0, 0.05) is 25.3 Å². The van der Waals surface area contributed by atoms with Gasteiger partial charge in [-0.3, -0.25) is 14.9 Å².